The highest BCUT2D eigenvalue weighted by Crippen LogP contribution is 2.33. The number of amides is 3. The van der Waals surface area contributed by atoms with Gasteiger partial charge >= 0.3 is 5.97 Å². The molecular formula is C23H25N3O5. The quantitative estimate of drug-likeness (QED) is 0.395. The molecule has 1 atom stereocenters. The van der Waals surface area contributed by atoms with Crippen molar-refractivity contribution in [2.75, 3.05) is 13.6 Å². The SMILES string of the molecule is C=CCN1C(=O)c2ccc(C(=O)O[C@@H](C)C(=O)N(C)C3(C#N)CCCCC3)cc2C1=O. The Morgan fingerprint density at radius 2 is 1.90 bits per heavy atom. The van der Waals surface area contributed by atoms with Crippen molar-refractivity contribution in [1.82, 2.24) is 9.80 Å². The zero-order valence-electron chi connectivity index (χ0n) is 17.7. The van der Waals surface area contributed by atoms with Crippen LogP contribution >= 0.6 is 0 Å². The minimum absolute atomic E-state index is 0.0651. The molecule has 0 saturated heterocycles. The first-order chi connectivity index (χ1) is 14.8. The third-order valence-electron chi connectivity index (χ3n) is 6.01. The topological polar surface area (TPSA) is 108 Å². The van der Waals surface area contributed by atoms with Crippen molar-refractivity contribution in [3.05, 3.63) is 47.5 Å². The molecule has 31 heavy (non-hydrogen) atoms. The Bertz CT molecular complexity index is 987. The molecule has 1 saturated carbocycles. The fourth-order valence-electron chi connectivity index (χ4n) is 4.13. The van der Waals surface area contributed by atoms with Gasteiger partial charge in [-0.1, -0.05) is 25.3 Å². The molecule has 0 N–H and O–H groups in total. The summed E-state index contributed by atoms with van der Waals surface area (Å²) in [6.07, 6.45) is 4.28. The number of ether oxygens (including phenoxy) is 1. The summed E-state index contributed by atoms with van der Waals surface area (Å²) in [5.74, 6) is -2.19. The summed E-state index contributed by atoms with van der Waals surface area (Å²) in [6, 6.07) is 6.37. The lowest BCUT2D eigenvalue weighted by Gasteiger charge is -2.39. The van der Waals surface area contributed by atoms with Crippen LogP contribution in [0.1, 0.15) is 70.1 Å². The maximum atomic E-state index is 12.9. The van der Waals surface area contributed by atoms with Gasteiger partial charge in [-0.05, 0) is 38.0 Å². The van der Waals surface area contributed by atoms with E-state index in [2.05, 4.69) is 12.6 Å². The molecule has 3 amide bonds. The summed E-state index contributed by atoms with van der Waals surface area (Å²) in [7, 11) is 1.56. The Labute approximate surface area is 181 Å². The molecule has 1 aliphatic carbocycles. The Balaban J connectivity index is 1.73. The number of hydrogen-bond donors (Lipinski definition) is 0. The second kappa shape index (κ2) is 8.72. The molecule has 1 heterocycles. The minimum Gasteiger partial charge on any atom is -0.449 e. The number of hydrogen-bond acceptors (Lipinski definition) is 6. The van der Waals surface area contributed by atoms with Crippen molar-refractivity contribution < 1.29 is 23.9 Å². The Morgan fingerprint density at radius 3 is 2.52 bits per heavy atom. The molecule has 8 heteroatoms. The first-order valence-corrected chi connectivity index (χ1v) is 10.3. The van der Waals surface area contributed by atoms with E-state index >= 15 is 0 Å². The molecular weight excluding hydrogens is 398 g/mol. The largest absolute Gasteiger partial charge is 0.449 e. The molecule has 8 nitrogen and oxygen atoms in total. The lowest BCUT2D eigenvalue weighted by molar-refractivity contribution is -0.143. The maximum absolute atomic E-state index is 12.9. The summed E-state index contributed by atoms with van der Waals surface area (Å²) >= 11 is 0. The zero-order chi connectivity index (χ0) is 22.8. The van der Waals surface area contributed by atoms with Crippen molar-refractivity contribution in [2.45, 2.75) is 50.7 Å². The fourth-order valence-corrected chi connectivity index (χ4v) is 4.13. The second-order valence-electron chi connectivity index (χ2n) is 7.92. The summed E-state index contributed by atoms with van der Waals surface area (Å²) in [5, 5.41) is 9.68. The Kier molecular flexibility index (Phi) is 6.25. The normalized spacial score (nSPS) is 18.0. The van der Waals surface area contributed by atoms with E-state index in [4.69, 9.17) is 4.74 Å². The van der Waals surface area contributed by atoms with E-state index in [-0.39, 0.29) is 23.2 Å². The van der Waals surface area contributed by atoms with E-state index < -0.39 is 35.3 Å². The number of rotatable bonds is 6. The number of benzene rings is 1. The van der Waals surface area contributed by atoms with Crippen LogP contribution in [0.4, 0.5) is 0 Å². The molecule has 0 unspecified atom stereocenters. The van der Waals surface area contributed by atoms with Gasteiger partial charge in [0.2, 0.25) is 0 Å². The van der Waals surface area contributed by atoms with Crippen LogP contribution in [0.15, 0.2) is 30.9 Å². The zero-order valence-corrected chi connectivity index (χ0v) is 17.7. The van der Waals surface area contributed by atoms with E-state index in [1.165, 1.54) is 36.1 Å². The van der Waals surface area contributed by atoms with Crippen molar-refractivity contribution in [2.24, 2.45) is 0 Å². The van der Waals surface area contributed by atoms with E-state index in [1.807, 2.05) is 0 Å². The highest BCUT2D eigenvalue weighted by Gasteiger charge is 2.41. The van der Waals surface area contributed by atoms with Gasteiger partial charge in [-0.3, -0.25) is 19.3 Å². The smallest absolute Gasteiger partial charge is 0.338 e. The number of esters is 1. The van der Waals surface area contributed by atoms with Crippen LogP contribution in [0.3, 0.4) is 0 Å². The van der Waals surface area contributed by atoms with Crippen molar-refractivity contribution in [1.29, 1.82) is 5.26 Å². The standard InChI is InChI=1S/C23H25N3O5/c1-4-12-26-20(28)17-9-8-16(13-18(17)21(26)29)22(30)31-15(2)19(27)25(3)23(14-24)10-6-5-7-11-23/h4,8-9,13,15H,1,5-7,10-12H2,2-3H3/t15-/m0/s1. The average Bonchev–Trinajstić information content (AvgIpc) is 3.03. The van der Waals surface area contributed by atoms with Gasteiger partial charge in [0.15, 0.2) is 6.10 Å². The molecule has 1 aromatic carbocycles. The van der Waals surface area contributed by atoms with Gasteiger partial charge in [0.05, 0.1) is 22.8 Å². The third-order valence-corrected chi connectivity index (χ3v) is 6.01. The highest BCUT2D eigenvalue weighted by atomic mass is 16.5. The number of fused-ring (bicyclic) bond motifs is 1. The van der Waals surface area contributed by atoms with Gasteiger partial charge in [0.1, 0.15) is 5.54 Å². The van der Waals surface area contributed by atoms with Crippen LogP contribution in [0, 0.1) is 11.3 Å². The van der Waals surface area contributed by atoms with Gasteiger partial charge in [-0.2, -0.15) is 5.26 Å². The number of imide groups is 1. The third kappa shape index (κ3) is 3.96. The van der Waals surface area contributed by atoms with E-state index in [0.29, 0.717) is 12.8 Å². The summed E-state index contributed by atoms with van der Waals surface area (Å²) in [4.78, 5) is 52.6. The first kappa shape index (κ1) is 22.2. The lowest BCUT2D eigenvalue weighted by atomic mass is 9.81. The monoisotopic (exact) mass is 423 g/mol. The molecule has 2 aliphatic rings. The van der Waals surface area contributed by atoms with Crippen molar-refractivity contribution >= 4 is 23.7 Å². The lowest BCUT2D eigenvalue weighted by Crippen LogP contribution is -2.53. The van der Waals surface area contributed by atoms with Crippen molar-refractivity contribution in [3.8, 4) is 6.07 Å². The molecule has 0 bridgehead atoms. The molecule has 0 spiro atoms. The van der Waals surface area contributed by atoms with Crippen LogP contribution in [-0.2, 0) is 9.53 Å². The molecule has 1 fully saturated rings. The van der Waals surface area contributed by atoms with Crippen LogP contribution in [0.5, 0.6) is 0 Å². The van der Waals surface area contributed by atoms with Gasteiger partial charge in [-0.15, -0.1) is 6.58 Å². The number of carbonyl (C=O) groups is 4. The van der Waals surface area contributed by atoms with Crippen LogP contribution in [0.25, 0.3) is 0 Å². The second-order valence-corrected chi connectivity index (χ2v) is 7.92. The summed E-state index contributed by atoms with van der Waals surface area (Å²) < 4.78 is 5.33. The van der Waals surface area contributed by atoms with E-state index in [1.54, 1.807) is 7.05 Å². The van der Waals surface area contributed by atoms with Crippen molar-refractivity contribution in [3.63, 3.8) is 0 Å². The molecule has 1 aliphatic heterocycles. The predicted octanol–water partition coefficient (Wildman–Crippen LogP) is 2.70. The van der Waals surface area contributed by atoms with Crippen LogP contribution < -0.4 is 0 Å². The average molecular weight is 423 g/mol. The molecule has 0 aromatic heterocycles. The van der Waals surface area contributed by atoms with E-state index in [0.717, 1.165) is 24.2 Å². The van der Waals surface area contributed by atoms with Gasteiger partial charge in [0.25, 0.3) is 17.7 Å². The van der Waals surface area contributed by atoms with Gasteiger partial charge in [-0.25, -0.2) is 4.79 Å². The summed E-state index contributed by atoms with van der Waals surface area (Å²) in [5.41, 5.74) is -0.496. The Morgan fingerprint density at radius 1 is 1.26 bits per heavy atom. The Hall–Kier alpha value is -3.47. The van der Waals surface area contributed by atoms with Crippen LogP contribution in [-0.4, -0.2) is 58.7 Å². The molecule has 3 rings (SSSR count). The number of likely N-dealkylation sites (N-methyl/N-ethyl adjacent to an activating group) is 1. The first-order valence-electron chi connectivity index (χ1n) is 10.3. The van der Waals surface area contributed by atoms with Gasteiger partial charge in [0, 0.05) is 13.6 Å². The van der Waals surface area contributed by atoms with Gasteiger partial charge < -0.3 is 9.64 Å². The summed E-state index contributed by atoms with van der Waals surface area (Å²) in [6.45, 7) is 5.06. The fraction of sp³-hybridized carbons (Fsp3) is 0.435. The minimum atomic E-state index is -1.10. The predicted molar refractivity (Wildman–Crippen MR) is 111 cm³/mol. The number of nitriles is 1. The van der Waals surface area contributed by atoms with E-state index in [9.17, 15) is 24.4 Å². The highest BCUT2D eigenvalue weighted by molar-refractivity contribution is 6.22. The molecule has 162 valence electrons. The van der Waals surface area contributed by atoms with Crippen LogP contribution in [0.2, 0.25) is 0 Å². The number of carbonyl (C=O) groups excluding carboxylic acids is 4. The number of nitrogens with zero attached hydrogens (tertiary/aromatic N) is 3. The molecule has 1 aromatic rings. The maximum Gasteiger partial charge on any atom is 0.338 e. The molecule has 0 radical (unpaired) electrons.